The van der Waals surface area contributed by atoms with Gasteiger partial charge < -0.3 is 54.2 Å². The summed E-state index contributed by atoms with van der Waals surface area (Å²) < 4.78 is 35.2. The zero-order chi connectivity index (χ0) is 92.5. The molecule has 0 radical (unpaired) electrons. The fourth-order valence-corrected chi connectivity index (χ4v) is 15.9. The molecule has 20 nitrogen and oxygen atoms in total. The average molecular weight is 1790 g/mol. The van der Waals surface area contributed by atoms with Crippen molar-refractivity contribution in [1.82, 2.24) is 25.8 Å². The minimum atomic E-state index is -0.901. The fraction of sp³-hybridized carbons (Fsp3) is 0.769. The van der Waals surface area contributed by atoms with Crippen molar-refractivity contribution in [1.29, 1.82) is 0 Å². The molecular formula is C108H185N5O15. The highest BCUT2D eigenvalue weighted by atomic mass is 16.6. The third-order valence-electron chi connectivity index (χ3n) is 24.1. The molecule has 5 amide bonds. The Morgan fingerprint density at radius 1 is 0.297 bits per heavy atom. The largest absolute Gasteiger partial charge is 0.462 e. The minimum absolute atomic E-state index is 0.00684. The van der Waals surface area contributed by atoms with Gasteiger partial charge in [0, 0.05) is 116 Å². The third-order valence-corrected chi connectivity index (χ3v) is 24.1. The first kappa shape index (κ1) is 117. The topological polar surface area (TPSA) is 252 Å². The van der Waals surface area contributed by atoms with Gasteiger partial charge in [-0.15, -0.1) is 0 Å². The number of carbonyl (C=O) groups excluding carboxylic acids is 9. The Morgan fingerprint density at radius 2 is 0.609 bits per heavy atom. The van der Waals surface area contributed by atoms with Gasteiger partial charge in [-0.1, -0.05) is 260 Å². The van der Waals surface area contributed by atoms with Crippen molar-refractivity contribution in [3.05, 3.63) is 97.2 Å². The lowest BCUT2D eigenvalue weighted by Crippen LogP contribution is -2.47. The summed E-state index contributed by atoms with van der Waals surface area (Å²) >= 11 is 0. The number of carbonyl (C=O) groups is 9. The van der Waals surface area contributed by atoms with Crippen LogP contribution in [0.15, 0.2) is 97.2 Å². The van der Waals surface area contributed by atoms with Crippen LogP contribution in [0.3, 0.4) is 0 Å². The van der Waals surface area contributed by atoms with Crippen LogP contribution in [-0.4, -0.2) is 160 Å². The first-order valence-electron chi connectivity index (χ1n) is 52.2. The fourth-order valence-electron chi connectivity index (χ4n) is 15.9. The molecule has 3 atom stereocenters. The van der Waals surface area contributed by atoms with E-state index in [0.29, 0.717) is 136 Å². The van der Waals surface area contributed by atoms with E-state index in [1.54, 1.807) is 9.80 Å². The van der Waals surface area contributed by atoms with Crippen LogP contribution in [0.1, 0.15) is 426 Å². The van der Waals surface area contributed by atoms with Crippen LogP contribution in [-0.2, 0) is 71.6 Å². The Labute approximate surface area is 779 Å². The number of hydrogen-bond donors (Lipinski definition) is 3. The molecule has 2 fully saturated rings. The smallest absolute Gasteiger partial charge is 0.306 e. The molecule has 3 unspecified atom stereocenters. The number of nitrogens with one attached hydrogen (secondary N) is 3. The summed E-state index contributed by atoms with van der Waals surface area (Å²) in [7, 11) is 0. The molecule has 2 aliphatic heterocycles. The molecule has 0 aromatic rings. The average Bonchev–Trinajstić information content (AvgIpc) is 0.857. The first-order valence-corrected chi connectivity index (χ1v) is 52.2. The highest BCUT2D eigenvalue weighted by Crippen LogP contribution is 2.28. The van der Waals surface area contributed by atoms with E-state index in [0.717, 1.165) is 205 Å². The summed E-state index contributed by atoms with van der Waals surface area (Å²) in [6.45, 7) is 15.1. The monoisotopic (exact) mass is 1790 g/mol. The summed E-state index contributed by atoms with van der Waals surface area (Å²) in [5.74, 6) is -2.86. The van der Waals surface area contributed by atoms with Crippen molar-refractivity contribution < 1.29 is 71.6 Å². The van der Waals surface area contributed by atoms with Crippen LogP contribution >= 0.6 is 0 Å². The predicted octanol–water partition coefficient (Wildman–Crippen LogP) is 24.9. The number of hydrogen-bond acceptors (Lipinski definition) is 15. The molecule has 2 heterocycles. The van der Waals surface area contributed by atoms with Gasteiger partial charge in [0.2, 0.25) is 29.5 Å². The summed E-state index contributed by atoms with van der Waals surface area (Å²) in [6, 6.07) is -0.901. The van der Waals surface area contributed by atoms with E-state index < -0.39 is 24.2 Å². The molecule has 2 rings (SSSR count). The molecule has 732 valence electrons. The number of esters is 4. The summed E-state index contributed by atoms with van der Waals surface area (Å²) in [4.78, 5) is 125. The normalized spacial score (nSPS) is 14.4. The number of likely N-dealkylation sites (tertiary alicyclic amines) is 2. The van der Waals surface area contributed by atoms with Gasteiger partial charge in [-0.3, -0.25) is 43.2 Å². The van der Waals surface area contributed by atoms with Crippen LogP contribution in [0.5, 0.6) is 0 Å². The van der Waals surface area contributed by atoms with E-state index in [-0.39, 0.29) is 111 Å². The zero-order valence-corrected chi connectivity index (χ0v) is 81.8. The molecule has 0 saturated carbocycles. The molecule has 2 saturated heterocycles. The molecule has 0 aromatic heterocycles. The van der Waals surface area contributed by atoms with Gasteiger partial charge in [-0.05, 0) is 212 Å². The van der Waals surface area contributed by atoms with Gasteiger partial charge in [-0.2, -0.15) is 0 Å². The lowest BCUT2D eigenvalue weighted by atomic mass is 9.91. The van der Waals surface area contributed by atoms with E-state index in [1.165, 1.54) is 77.0 Å². The third kappa shape index (κ3) is 71.8. The van der Waals surface area contributed by atoms with Gasteiger partial charge in [0.1, 0.15) is 31.5 Å². The Morgan fingerprint density at radius 3 is 0.961 bits per heavy atom. The number of allylic oxidation sites excluding steroid dienone is 16. The second-order valence-corrected chi connectivity index (χ2v) is 35.6. The van der Waals surface area contributed by atoms with E-state index in [9.17, 15) is 43.2 Å². The summed E-state index contributed by atoms with van der Waals surface area (Å²) in [5, 5.41) is 8.77. The Kier molecular flexibility index (Phi) is 80.5. The second-order valence-electron chi connectivity index (χ2n) is 35.6. The number of rotatable bonds is 86. The highest BCUT2D eigenvalue weighted by Gasteiger charge is 2.34. The number of unbranched alkanes of at least 4 members (excludes halogenated alkanes) is 33. The molecular weight excluding hydrogens is 1610 g/mol. The van der Waals surface area contributed by atoms with Crippen molar-refractivity contribution in [2.75, 3.05) is 78.9 Å². The van der Waals surface area contributed by atoms with E-state index in [4.69, 9.17) is 28.4 Å². The Hall–Kier alpha value is -6.93. The number of amides is 5. The van der Waals surface area contributed by atoms with E-state index in [1.807, 2.05) is 6.92 Å². The Balaban J connectivity index is 1.97. The number of piperidine rings is 2. The second kappa shape index (κ2) is 88.0. The van der Waals surface area contributed by atoms with Gasteiger partial charge in [-0.25, -0.2) is 0 Å². The lowest BCUT2D eigenvalue weighted by Gasteiger charge is -2.35. The predicted molar refractivity (Wildman–Crippen MR) is 525 cm³/mol. The number of ether oxygens (including phenoxy) is 6. The molecule has 0 spiro atoms. The van der Waals surface area contributed by atoms with Crippen LogP contribution in [0.4, 0.5) is 0 Å². The minimum Gasteiger partial charge on any atom is -0.462 e. The van der Waals surface area contributed by atoms with Crippen LogP contribution in [0, 0.1) is 11.8 Å². The first-order chi connectivity index (χ1) is 62.7. The molecule has 3 N–H and O–H groups in total. The maximum absolute atomic E-state index is 13.8. The number of nitrogens with zero attached hydrogens (tertiary/aromatic N) is 2. The maximum Gasteiger partial charge on any atom is 0.306 e. The van der Waals surface area contributed by atoms with Crippen LogP contribution < -0.4 is 16.0 Å². The van der Waals surface area contributed by atoms with E-state index in [2.05, 4.69) is 141 Å². The van der Waals surface area contributed by atoms with Crippen molar-refractivity contribution in [2.45, 2.75) is 445 Å². The summed E-state index contributed by atoms with van der Waals surface area (Å²) in [5.41, 5.74) is 0. The molecule has 0 aromatic carbocycles. The lowest BCUT2D eigenvalue weighted by molar-refractivity contribution is -0.164. The van der Waals surface area contributed by atoms with Crippen LogP contribution in [0.2, 0.25) is 0 Å². The molecule has 2 aliphatic rings. The van der Waals surface area contributed by atoms with E-state index >= 15 is 0 Å². The van der Waals surface area contributed by atoms with Crippen LogP contribution in [0.25, 0.3) is 0 Å². The molecule has 0 aliphatic carbocycles. The molecule has 128 heavy (non-hydrogen) atoms. The van der Waals surface area contributed by atoms with Gasteiger partial charge in [0.15, 0.2) is 0 Å². The van der Waals surface area contributed by atoms with Gasteiger partial charge in [0.25, 0.3) is 0 Å². The van der Waals surface area contributed by atoms with Crippen molar-refractivity contribution in [3.63, 3.8) is 0 Å². The van der Waals surface area contributed by atoms with Gasteiger partial charge in [0.05, 0.1) is 13.2 Å². The molecule has 20 heteroatoms. The van der Waals surface area contributed by atoms with Crippen molar-refractivity contribution >= 4 is 53.4 Å². The highest BCUT2D eigenvalue weighted by molar-refractivity contribution is 5.89. The van der Waals surface area contributed by atoms with Crippen molar-refractivity contribution in [3.8, 4) is 0 Å². The SMILES string of the molecule is CCCCC/C=C\C/C=C\CCCCCCCC(=O)OCC(OC(=O)CCCCCCC/C=C\C/C=C\CCCCC)C1CCN(C(=O)CCC(=O)NCCCCC(NC(=O)CCC(=O)N2CCC(C(COC(=O)CCCCCCC/C=C\C/C=C\CCCCC)OC(=O)CCCCCCC/C=C\C/C=C\CCCCC)CC2)C(=O)NCCCOCCOCCC)CC1. The zero-order valence-electron chi connectivity index (χ0n) is 81.8. The summed E-state index contributed by atoms with van der Waals surface area (Å²) in [6.07, 6.45) is 88.5. The quantitative estimate of drug-likeness (QED) is 0.0222. The van der Waals surface area contributed by atoms with Gasteiger partial charge >= 0.3 is 23.9 Å². The molecule has 0 bridgehead atoms. The standard InChI is InChI=1S/C108H185N5O15/c1-6-11-15-19-23-27-31-35-39-43-47-51-55-59-63-71-104(118)125-93-98(127-106(120)73-65-61-57-53-49-45-41-37-33-29-25-21-17-13-8-3)95-79-85-112(86-80-95)102(116)77-75-100(114)109-83-68-67-70-97(108(122)110-84-69-90-124-92-91-123-89-10-5)111-101(115)76-78-103(117)113-87-81-96(82-88-113)99(128-107(121)74-66-62-58-54-50-46-42-38-34-30-26-22-18-14-9-4)94-126-105(119)72-64-60-56-52-48-44-40-36-32-28-24-20-16-12-7-2/h23-30,35-42,95-99H,6-22,31-34,43-94H2,1-5H3,(H,109,114)(H,110,122)(H,111,115)/b27-23-,28-24-,29-25-,30-26-,39-35-,40-36-,41-37-,42-38-. The Bertz CT molecular complexity index is 3020. The van der Waals surface area contributed by atoms with Crippen molar-refractivity contribution in [2.24, 2.45) is 11.8 Å². The maximum atomic E-state index is 13.8.